The first-order valence-electron chi connectivity index (χ1n) is 17.8. The summed E-state index contributed by atoms with van der Waals surface area (Å²) in [7, 11) is 0. The van der Waals surface area contributed by atoms with Gasteiger partial charge in [-0.1, -0.05) is 127 Å². The molecule has 0 N–H and O–H groups in total. The number of nitrogens with zero attached hydrogens (tertiary/aromatic N) is 2. The molecular weight excluding hydrogens is 649 g/mol. The van der Waals surface area contributed by atoms with Gasteiger partial charge < -0.3 is 13.7 Å². The molecule has 2 heterocycles. The summed E-state index contributed by atoms with van der Waals surface area (Å²) in [4.78, 5) is 7.15. The Hall–Kier alpha value is -7.17. The topological polar surface area (TPSA) is 42.4 Å². The van der Waals surface area contributed by atoms with E-state index in [-0.39, 0.29) is 0 Å². The lowest BCUT2D eigenvalue weighted by molar-refractivity contribution is 0.617. The van der Waals surface area contributed by atoms with E-state index in [1.54, 1.807) is 0 Å². The van der Waals surface area contributed by atoms with Crippen LogP contribution in [-0.4, -0.2) is 4.98 Å². The zero-order valence-corrected chi connectivity index (χ0v) is 28.7. The van der Waals surface area contributed by atoms with Crippen molar-refractivity contribution in [1.29, 1.82) is 0 Å². The van der Waals surface area contributed by atoms with E-state index in [1.807, 2.05) is 42.5 Å². The third-order valence-corrected chi connectivity index (χ3v) is 9.91. The quantitative estimate of drug-likeness (QED) is 0.168. The molecule has 250 valence electrons. The highest BCUT2D eigenvalue weighted by molar-refractivity contribution is 6.15. The maximum Gasteiger partial charge on any atom is 0.227 e. The largest absolute Gasteiger partial charge is 0.456 e. The van der Waals surface area contributed by atoms with Crippen LogP contribution < -0.4 is 4.90 Å². The van der Waals surface area contributed by atoms with Crippen molar-refractivity contribution < 1.29 is 8.83 Å². The van der Waals surface area contributed by atoms with Crippen molar-refractivity contribution in [2.24, 2.45) is 0 Å². The molecule has 53 heavy (non-hydrogen) atoms. The zero-order chi connectivity index (χ0) is 35.1. The van der Waals surface area contributed by atoms with Gasteiger partial charge in [0.05, 0.1) is 0 Å². The molecule has 0 bridgehead atoms. The molecular formula is C49H32N2O2. The smallest absolute Gasteiger partial charge is 0.227 e. The van der Waals surface area contributed by atoms with Crippen LogP contribution in [0.3, 0.4) is 0 Å². The van der Waals surface area contributed by atoms with Gasteiger partial charge in [0.2, 0.25) is 5.89 Å². The first-order chi connectivity index (χ1) is 26.2. The Bertz CT molecular complexity index is 2860. The fourth-order valence-corrected chi connectivity index (χ4v) is 7.32. The highest BCUT2D eigenvalue weighted by atomic mass is 16.4. The number of aromatic nitrogens is 1. The van der Waals surface area contributed by atoms with Crippen LogP contribution in [0, 0.1) is 0 Å². The maximum atomic E-state index is 6.40. The molecule has 0 radical (unpaired) electrons. The average molecular weight is 681 g/mol. The summed E-state index contributed by atoms with van der Waals surface area (Å²) in [6, 6.07) is 67.7. The van der Waals surface area contributed by atoms with Crippen molar-refractivity contribution in [3.63, 3.8) is 0 Å². The number of anilines is 3. The lowest BCUT2D eigenvalue weighted by Crippen LogP contribution is -2.09. The summed E-state index contributed by atoms with van der Waals surface area (Å²) in [5.74, 6) is 0.600. The van der Waals surface area contributed by atoms with E-state index < -0.39 is 0 Å². The van der Waals surface area contributed by atoms with Crippen molar-refractivity contribution in [3.05, 3.63) is 194 Å². The van der Waals surface area contributed by atoms with Crippen LogP contribution >= 0.6 is 0 Å². The first kappa shape index (κ1) is 30.6. The van der Waals surface area contributed by atoms with E-state index in [0.717, 1.165) is 66.8 Å². The first-order valence-corrected chi connectivity index (χ1v) is 17.8. The molecule has 4 heteroatoms. The summed E-state index contributed by atoms with van der Waals surface area (Å²) in [6.45, 7) is 0. The van der Waals surface area contributed by atoms with Gasteiger partial charge in [-0.3, -0.25) is 0 Å². The van der Waals surface area contributed by atoms with Crippen LogP contribution in [0.2, 0.25) is 0 Å². The Morgan fingerprint density at radius 2 is 0.925 bits per heavy atom. The third kappa shape index (κ3) is 5.63. The molecule has 0 unspecified atom stereocenters. The predicted octanol–water partition coefficient (Wildman–Crippen LogP) is 13.9. The van der Waals surface area contributed by atoms with Gasteiger partial charge in [-0.2, -0.15) is 0 Å². The van der Waals surface area contributed by atoms with E-state index in [9.17, 15) is 0 Å². The van der Waals surface area contributed by atoms with Gasteiger partial charge in [0.15, 0.2) is 5.58 Å². The minimum absolute atomic E-state index is 0.600. The second-order valence-electron chi connectivity index (χ2n) is 13.2. The molecule has 0 saturated carbocycles. The SMILES string of the molecule is c1ccc(-c2ccc(-c3cccc(N(c4ccccc4)c4ccc(-c5cccc6oc7cc8oc(-c9ccccc9)nc8cc7c56)cc4)c3)cc2)cc1. The number of oxazole rings is 1. The Labute approximate surface area is 306 Å². The zero-order valence-electron chi connectivity index (χ0n) is 28.7. The predicted molar refractivity (Wildman–Crippen MR) is 218 cm³/mol. The maximum absolute atomic E-state index is 6.40. The van der Waals surface area contributed by atoms with Crippen LogP contribution in [0.25, 0.3) is 77.9 Å². The van der Waals surface area contributed by atoms with Gasteiger partial charge in [0.25, 0.3) is 0 Å². The molecule has 10 rings (SSSR count). The standard InChI is InChI=1S/C49H32N2O2/c1-4-12-33(13-5-1)34-22-24-35(25-23-34)38-16-10-19-41(30-38)51(39-17-8-3-9-18-39)40-28-26-36(27-29-40)42-20-11-21-45-48(42)43-31-44-47(32-46(43)52-45)53-49(50-44)37-14-6-2-7-15-37/h1-32H. The van der Waals surface area contributed by atoms with Gasteiger partial charge >= 0.3 is 0 Å². The van der Waals surface area contributed by atoms with Crippen LogP contribution in [0.15, 0.2) is 203 Å². The third-order valence-electron chi connectivity index (χ3n) is 9.91. The van der Waals surface area contributed by atoms with Gasteiger partial charge in [-0.05, 0) is 94.0 Å². The van der Waals surface area contributed by atoms with Crippen molar-refractivity contribution in [2.75, 3.05) is 4.90 Å². The number of furan rings is 1. The Morgan fingerprint density at radius 3 is 1.66 bits per heavy atom. The summed E-state index contributed by atoms with van der Waals surface area (Å²) < 4.78 is 12.6. The fourth-order valence-electron chi connectivity index (χ4n) is 7.32. The van der Waals surface area contributed by atoms with E-state index in [0.29, 0.717) is 11.5 Å². The average Bonchev–Trinajstić information content (AvgIpc) is 3.82. The van der Waals surface area contributed by atoms with E-state index >= 15 is 0 Å². The second kappa shape index (κ2) is 12.9. The minimum atomic E-state index is 0.600. The van der Waals surface area contributed by atoms with E-state index in [4.69, 9.17) is 13.8 Å². The molecule has 10 aromatic rings. The van der Waals surface area contributed by atoms with Gasteiger partial charge in [-0.15, -0.1) is 0 Å². The van der Waals surface area contributed by atoms with Crippen LogP contribution in [-0.2, 0) is 0 Å². The van der Waals surface area contributed by atoms with Gasteiger partial charge in [0, 0.05) is 39.5 Å². The molecule has 0 aliphatic rings. The molecule has 0 aliphatic heterocycles. The molecule has 0 amide bonds. The molecule has 0 saturated heterocycles. The van der Waals surface area contributed by atoms with E-state index in [2.05, 4.69) is 157 Å². The molecule has 0 spiro atoms. The van der Waals surface area contributed by atoms with Crippen LogP contribution in [0.5, 0.6) is 0 Å². The number of hydrogen-bond donors (Lipinski definition) is 0. The second-order valence-corrected chi connectivity index (χ2v) is 13.2. The molecule has 0 atom stereocenters. The monoisotopic (exact) mass is 680 g/mol. The number of rotatable bonds is 7. The number of benzene rings is 8. The molecule has 8 aromatic carbocycles. The van der Waals surface area contributed by atoms with Crippen molar-refractivity contribution >= 4 is 50.1 Å². The minimum Gasteiger partial charge on any atom is -0.456 e. The molecule has 0 aliphatic carbocycles. The van der Waals surface area contributed by atoms with Crippen LogP contribution in [0.1, 0.15) is 0 Å². The number of para-hydroxylation sites is 1. The lowest BCUT2D eigenvalue weighted by Gasteiger charge is -2.26. The molecule has 2 aromatic heterocycles. The van der Waals surface area contributed by atoms with Gasteiger partial charge in [-0.25, -0.2) is 4.98 Å². The summed E-state index contributed by atoms with van der Waals surface area (Å²) in [6.07, 6.45) is 0. The summed E-state index contributed by atoms with van der Waals surface area (Å²) in [5, 5.41) is 2.08. The Balaban J connectivity index is 1.02. The Morgan fingerprint density at radius 1 is 0.358 bits per heavy atom. The summed E-state index contributed by atoms with van der Waals surface area (Å²) in [5.41, 5.74) is 14.3. The number of fused-ring (bicyclic) bond motifs is 4. The molecule has 0 fully saturated rings. The fraction of sp³-hybridized carbons (Fsp3) is 0. The molecule has 4 nitrogen and oxygen atoms in total. The lowest BCUT2D eigenvalue weighted by atomic mass is 9.98. The van der Waals surface area contributed by atoms with E-state index in [1.165, 1.54) is 16.7 Å². The van der Waals surface area contributed by atoms with Crippen molar-refractivity contribution in [2.45, 2.75) is 0 Å². The van der Waals surface area contributed by atoms with Gasteiger partial charge in [0.1, 0.15) is 16.7 Å². The highest BCUT2D eigenvalue weighted by Crippen LogP contribution is 2.41. The van der Waals surface area contributed by atoms with Crippen molar-refractivity contribution in [1.82, 2.24) is 4.98 Å². The van der Waals surface area contributed by atoms with Crippen molar-refractivity contribution in [3.8, 4) is 44.8 Å². The highest BCUT2D eigenvalue weighted by Gasteiger charge is 2.18. The summed E-state index contributed by atoms with van der Waals surface area (Å²) >= 11 is 0. The normalized spacial score (nSPS) is 11.4. The number of hydrogen-bond acceptors (Lipinski definition) is 4. The van der Waals surface area contributed by atoms with Crippen LogP contribution in [0.4, 0.5) is 17.1 Å². The Kier molecular flexibility index (Phi) is 7.43.